The first-order chi connectivity index (χ1) is 6.66. The molecule has 2 rings (SSSR count). The van der Waals surface area contributed by atoms with E-state index in [0.29, 0.717) is 6.04 Å². The molecule has 0 saturated carbocycles. The molecule has 2 N–H and O–H groups in total. The number of nitrogens with two attached hydrogens (primary N) is 1. The van der Waals surface area contributed by atoms with Crippen LogP contribution in [0.2, 0.25) is 0 Å². The van der Waals surface area contributed by atoms with Gasteiger partial charge in [0.1, 0.15) is 0 Å². The van der Waals surface area contributed by atoms with Crippen LogP contribution >= 0.6 is 0 Å². The highest BCUT2D eigenvalue weighted by atomic mass is 15.2. The third kappa shape index (κ3) is 1.75. The van der Waals surface area contributed by atoms with Gasteiger partial charge >= 0.3 is 0 Å². The van der Waals surface area contributed by atoms with Crippen molar-refractivity contribution in [1.29, 1.82) is 0 Å². The van der Waals surface area contributed by atoms with Gasteiger partial charge in [-0.15, -0.1) is 0 Å². The van der Waals surface area contributed by atoms with Gasteiger partial charge in [-0.1, -0.05) is 6.07 Å². The molecule has 1 aromatic rings. The third-order valence-electron chi connectivity index (χ3n) is 3.08. The van der Waals surface area contributed by atoms with Crippen LogP contribution in [-0.2, 0) is 0 Å². The van der Waals surface area contributed by atoms with E-state index in [1.807, 2.05) is 0 Å². The van der Waals surface area contributed by atoms with Crippen molar-refractivity contribution >= 4 is 5.69 Å². The molecule has 1 atom stereocenters. The first-order valence-corrected chi connectivity index (χ1v) is 5.24. The van der Waals surface area contributed by atoms with Crippen LogP contribution in [0.4, 0.5) is 5.69 Å². The molecule has 0 amide bonds. The molecule has 1 fully saturated rings. The molecular formula is C12H18N2. The van der Waals surface area contributed by atoms with Gasteiger partial charge in [-0.3, -0.25) is 0 Å². The lowest BCUT2D eigenvalue weighted by molar-refractivity contribution is 0.752. The van der Waals surface area contributed by atoms with Crippen molar-refractivity contribution in [2.24, 2.45) is 5.73 Å². The molecule has 0 spiro atoms. The number of anilines is 1. The second-order valence-electron chi connectivity index (χ2n) is 4.26. The van der Waals surface area contributed by atoms with Crippen LogP contribution < -0.4 is 10.6 Å². The van der Waals surface area contributed by atoms with E-state index in [9.17, 15) is 0 Å². The Balaban J connectivity index is 2.20. The van der Waals surface area contributed by atoms with Crippen LogP contribution in [0.25, 0.3) is 0 Å². The molecule has 2 heteroatoms. The molecule has 1 heterocycles. The zero-order chi connectivity index (χ0) is 10.1. The van der Waals surface area contributed by atoms with E-state index in [4.69, 9.17) is 5.73 Å². The average Bonchev–Trinajstić information content (AvgIpc) is 2.57. The maximum absolute atomic E-state index is 5.89. The summed E-state index contributed by atoms with van der Waals surface area (Å²) in [5, 5.41) is 0. The van der Waals surface area contributed by atoms with E-state index < -0.39 is 0 Å². The molecule has 0 unspecified atom stereocenters. The van der Waals surface area contributed by atoms with Crippen LogP contribution in [0.15, 0.2) is 18.2 Å². The molecule has 1 aromatic carbocycles. The highest BCUT2D eigenvalue weighted by Crippen LogP contribution is 2.22. The van der Waals surface area contributed by atoms with Crippen LogP contribution in [-0.4, -0.2) is 19.1 Å². The lowest BCUT2D eigenvalue weighted by atomic mass is 10.1. The van der Waals surface area contributed by atoms with Gasteiger partial charge in [0.05, 0.1) is 0 Å². The fourth-order valence-corrected chi connectivity index (χ4v) is 1.94. The van der Waals surface area contributed by atoms with E-state index in [-0.39, 0.29) is 0 Å². The number of benzene rings is 1. The van der Waals surface area contributed by atoms with Gasteiger partial charge in [0.15, 0.2) is 0 Å². The van der Waals surface area contributed by atoms with Crippen molar-refractivity contribution in [1.82, 2.24) is 0 Å². The fourth-order valence-electron chi connectivity index (χ4n) is 1.94. The Hall–Kier alpha value is -1.02. The molecule has 0 bridgehead atoms. The van der Waals surface area contributed by atoms with Gasteiger partial charge in [0.2, 0.25) is 0 Å². The van der Waals surface area contributed by atoms with Gasteiger partial charge in [-0.05, 0) is 43.5 Å². The van der Waals surface area contributed by atoms with Crippen LogP contribution in [0, 0.1) is 13.8 Å². The number of hydrogen-bond acceptors (Lipinski definition) is 2. The predicted molar refractivity (Wildman–Crippen MR) is 60.7 cm³/mol. The molecular weight excluding hydrogens is 172 g/mol. The summed E-state index contributed by atoms with van der Waals surface area (Å²) in [6.07, 6.45) is 1.12. The van der Waals surface area contributed by atoms with Crippen LogP contribution in [0.5, 0.6) is 0 Å². The van der Waals surface area contributed by atoms with E-state index in [2.05, 4.69) is 36.9 Å². The topological polar surface area (TPSA) is 29.3 Å². The Kier molecular flexibility index (Phi) is 2.46. The Bertz CT molecular complexity index is 333. The summed E-state index contributed by atoms with van der Waals surface area (Å²) in [7, 11) is 0. The highest BCUT2D eigenvalue weighted by molar-refractivity contribution is 5.51. The van der Waals surface area contributed by atoms with Crippen molar-refractivity contribution < 1.29 is 0 Å². The van der Waals surface area contributed by atoms with Gasteiger partial charge < -0.3 is 10.6 Å². The minimum absolute atomic E-state index is 0.358. The molecule has 1 saturated heterocycles. The zero-order valence-corrected chi connectivity index (χ0v) is 8.96. The minimum atomic E-state index is 0.358. The smallest absolute Gasteiger partial charge is 0.0369 e. The van der Waals surface area contributed by atoms with Crippen LogP contribution in [0.3, 0.4) is 0 Å². The first kappa shape index (κ1) is 9.53. The van der Waals surface area contributed by atoms with Gasteiger partial charge in [0.25, 0.3) is 0 Å². The Morgan fingerprint density at radius 3 is 2.64 bits per heavy atom. The summed E-state index contributed by atoms with van der Waals surface area (Å²) in [6.45, 7) is 6.41. The second-order valence-corrected chi connectivity index (χ2v) is 4.26. The molecule has 76 valence electrons. The summed E-state index contributed by atoms with van der Waals surface area (Å²) >= 11 is 0. The molecule has 1 aliphatic heterocycles. The number of nitrogens with zero attached hydrogens (tertiary/aromatic N) is 1. The fraction of sp³-hybridized carbons (Fsp3) is 0.500. The normalized spacial score (nSPS) is 21.6. The molecule has 14 heavy (non-hydrogen) atoms. The van der Waals surface area contributed by atoms with E-state index >= 15 is 0 Å². The highest BCUT2D eigenvalue weighted by Gasteiger charge is 2.19. The third-order valence-corrected chi connectivity index (χ3v) is 3.08. The van der Waals surface area contributed by atoms with Gasteiger partial charge in [-0.2, -0.15) is 0 Å². The Labute approximate surface area is 85.7 Å². The number of hydrogen-bond donors (Lipinski definition) is 1. The van der Waals surface area contributed by atoms with Crippen molar-refractivity contribution in [2.45, 2.75) is 26.3 Å². The summed E-state index contributed by atoms with van der Waals surface area (Å²) in [6, 6.07) is 7.00. The first-order valence-electron chi connectivity index (χ1n) is 5.24. The maximum Gasteiger partial charge on any atom is 0.0369 e. The summed E-state index contributed by atoms with van der Waals surface area (Å²) < 4.78 is 0. The Morgan fingerprint density at radius 1 is 1.29 bits per heavy atom. The molecule has 0 radical (unpaired) electrons. The van der Waals surface area contributed by atoms with E-state index in [0.717, 1.165) is 19.5 Å². The predicted octanol–water partition coefficient (Wildman–Crippen LogP) is 1.84. The summed E-state index contributed by atoms with van der Waals surface area (Å²) in [5.74, 6) is 0. The minimum Gasteiger partial charge on any atom is -0.370 e. The van der Waals surface area contributed by atoms with E-state index in [1.165, 1.54) is 16.8 Å². The summed E-state index contributed by atoms with van der Waals surface area (Å²) in [5.41, 5.74) is 9.93. The van der Waals surface area contributed by atoms with Gasteiger partial charge in [-0.25, -0.2) is 0 Å². The lowest BCUT2D eigenvalue weighted by Crippen LogP contribution is -2.26. The largest absolute Gasteiger partial charge is 0.370 e. The van der Waals surface area contributed by atoms with Crippen LogP contribution in [0.1, 0.15) is 17.5 Å². The van der Waals surface area contributed by atoms with E-state index in [1.54, 1.807) is 0 Å². The van der Waals surface area contributed by atoms with Crippen molar-refractivity contribution in [3.05, 3.63) is 29.3 Å². The van der Waals surface area contributed by atoms with Crippen molar-refractivity contribution in [3.8, 4) is 0 Å². The molecule has 1 aliphatic rings. The van der Waals surface area contributed by atoms with Crippen molar-refractivity contribution in [3.63, 3.8) is 0 Å². The van der Waals surface area contributed by atoms with Gasteiger partial charge in [0, 0.05) is 24.8 Å². The second kappa shape index (κ2) is 3.62. The standard InChI is InChI=1S/C12H18N2/c1-9-3-4-12(7-10(9)2)14-6-5-11(13)8-14/h3-4,7,11H,5-6,8,13H2,1-2H3/t11-/m0/s1. The molecule has 0 aromatic heterocycles. The van der Waals surface area contributed by atoms with Crippen molar-refractivity contribution in [2.75, 3.05) is 18.0 Å². The monoisotopic (exact) mass is 190 g/mol. The zero-order valence-electron chi connectivity index (χ0n) is 8.96. The molecule has 2 nitrogen and oxygen atoms in total. The lowest BCUT2D eigenvalue weighted by Gasteiger charge is -2.19. The molecule has 0 aliphatic carbocycles. The quantitative estimate of drug-likeness (QED) is 0.732. The summed E-state index contributed by atoms with van der Waals surface area (Å²) in [4.78, 5) is 2.37. The number of rotatable bonds is 1. The average molecular weight is 190 g/mol. The SMILES string of the molecule is Cc1ccc(N2CC[C@H](N)C2)cc1C. The maximum atomic E-state index is 5.89. The number of aryl methyl sites for hydroxylation is 2. The Morgan fingerprint density at radius 2 is 2.07 bits per heavy atom.